The van der Waals surface area contributed by atoms with Gasteiger partial charge in [-0.15, -0.1) is 0 Å². The minimum atomic E-state index is -1.62. The monoisotopic (exact) mass is 468 g/mol. The van der Waals surface area contributed by atoms with Gasteiger partial charge in [-0.2, -0.15) is 0 Å². The molecule has 0 aromatic heterocycles. The van der Waals surface area contributed by atoms with E-state index in [0.717, 1.165) is 0 Å². The molecule has 0 aliphatic heterocycles. The Kier molecular flexibility index (Phi) is 11.3. The number of hydrogen-bond donors (Lipinski definition) is 8. The number of hydrogen-bond acceptors (Lipinski definition) is 8. The summed E-state index contributed by atoms with van der Waals surface area (Å²) >= 11 is 0. The van der Waals surface area contributed by atoms with Crippen molar-refractivity contribution in [3.8, 4) is 5.75 Å². The molecule has 1 aromatic rings. The van der Waals surface area contributed by atoms with Crippen LogP contribution in [0.15, 0.2) is 24.3 Å². The Balaban J connectivity index is 3.02. The Hall–Kier alpha value is -3.22. The van der Waals surface area contributed by atoms with Crippen LogP contribution in [0.2, 0.25) is 0 Å². The molecule has 12 nitrogen and oxygen atoms in total. The Labute approximate surface area is 191 Å². The number of rotatable bonds is 13. The fourth-order valence-corrected chi connectivity index (χ4v) is 2.78. The van der Waals surface area contributed by atoms with Crippen molar-refractivity contribution in [2.45, 2.75) is 50.9 Å². The second-order valence-electron chi connectivity index (χ2n) is 7.67. The first-order valence-electron chi connectivity index (χ1n) is 10.4. The molecule has 0 saturated carbocycles. The lowest BCUT2D eigenvalue weighted by atomic mass is 9.98. The molecule has 1 rings (SSSR count). The summed E-state index contributed by atoms with van der Waals surface area (Å²) in [6, 6.07) is 0.674. The van der Waals surface area contributed by atoms with Gasteiger partial charge in [-0.1, -0.05) is 32.4 Å². The van der Waals surface area contributed by atoms with E-state index < -0.39 is 61.1 Å². The van der Waals surface area contributed by atoms with Gasteiger partial charge in [-0.05, 0) is 23.6 Å². The van der Waals surface area contributed by atoms with Gasteiger partial charge in [0.1, 0.15) is 23.9 Å². The molecule has 0 saturated heterocycles. The fourth-order valence-electron chi connectivity index (χ4n) is 2.78. The van der Waals surface area contributed by atoms with Gasteiger partial charge >= 0.3 is 5.97 Å². The second kappa shape index (κ2) is 13.4. The van der Waals surface area contributed by atoms with E-state index in [4.69, 9.17) is 15.9 Å². The normalized spacial score (nSPS) is 15.4. The van der Waals surface area contributed by atoms with Crippen molar-refractivity contribution in [2.75, 3.05) is 13.2 Å². The third-order valence-electron chi connectivity index (χ3n) is 5.18. The van der Waals surface area contributed by atoms with Crippen molar-refractivity contribution < 1.29 is 39.6 Å². The van der Waals surface area contributed by atoms with Gasteiger partial charge in [0.15, 0.2) is 0 Å². The third-order valence-corrected chi connectivity index (χ3v) is 5.18. The number of phenolic OH excluding ortho intramolecular Hbond substituents is 1. The van der Waals surface area contributed by atoms with Crippen molar-refractivity contribution >= 4 is 23.7 Å². The SMILES string of the molecule is CCC(C)C(N)C(=O)NC(Cc1ccc(O)cc1)C(=O)NC(CO)C(=O)NC(CO)C(=O)O. The topological polar surface area (TPSA) is 211 Å². The summed E-state index contributed by atoms with van der Waals surface area (Å²) in [4.78, 5) is 48.7. The van der Waals surface area contributed by atoms with Gasteiger partial charge in [0.2, 0.25) is 17.7 Å². The van der Waals surface area contributed by atoms with E-state index in [9.17, 15) is 29.4 Å². The number of aliphatic carboxylic acids is 1. The predicted molar refractivity (Wildman–Crippen MR) is 117 cm³/mol. The Bertz CT molecular complexity index is 817. The Morgan fingerprint density at radius 1 is 0.879 bits per heavy atom. The van der Waals surface area contributed by atoms with E-state index >= 15 is 0 Å². The standard InChI is InChI=1S/C21H32N4O8/c1-3-11(2)17(22)20(31)23-14(8-12-4-6-13(28)7-5-12)18(29)24-15(9-26)19(30)25-16(10-27)21(32)33/h4-7,11,14-17,26-28H,3,8-10,22H2,1-2H3,(H,23,31)(H,24,29)(H,25,30)(H,32,33). The van der Waals surface area contributed by atoms with E-state index in [1.807, 2.05) is 12.2 Å². The molecule has 0 fully saturated rings. The van der Waals surface area contributed by atoms with Gasteiger partial charge in [0.25, 0.3) is 0 Å². The molecule has 184 valence electrons. The molecule has 5 atom stereocenters. The lowest BCUT2D eigenvalue weighted by Crippen LogP contribution is -2.59. The molecule has 33 heavy (non-hydrogen) atoms. The highest BCUT2D eigenvalue weighted by Gasteiger charge is 2.30. The number of aromatic hydroxyl groups is 1. The summed E-state index contributed by atoms with van der Waals surface area (Å²) in [7, 11) is 0. The van der Waals surface area contributed by atoms with Crippen molar-refractivity contribution in [3.63, 3.8) is 0 Å². The summed E-state index contributed by atoms with van der Waals surface area (Å²) in [5.74, 6) is -4.08. The van der Waals surface area contributed by atoms with Crippen LogP contribution in [0.25, 0.3) is 0 Å². The van der Waals surface area contributed by atoms with Gasteiger partial charge in [0.05, 0.1) is 19.3 Å². The first-order valence-corrected chi connectivity index (χ1v) is 10.4. The zero-order valence-electron chi connectivity index (χ0n) is 18.5. The lowest BCUT2D eigenvalue weighted by Gasteiger charge is -2.25. The van der Waals surface area contributed by atoms with Crippen LogP contribution in [-0.2, 0) is 25.6 Å². The number of benzene rings is 1. The molecule has 3 amide bonds. The first-order chi connectivity index (χ1) is 15.5. The maximum absolute atomic E-state index is 12.9. The molecule has 0 radical (unpaired) electrons. The van der Waals surface area contributed by atoms with E-state index in [-0.39, 0.29) is 18.1 Å². The Morgan fingerprint density at radius 2 is 1.36 bits per heavy atom. The fraction of sp³-hybridized carbons (Fsp3) is 0.524. The first kappa shape index (κ1) is 27.8. The van der Waals surface area contributed by atoms with Crippen molar-refractivity contribution in [3.05, 3.63) is 29.8 Å². The number of carbonyl (C=O) groups excluding carboxylic acids is 3. The molecule has 0 heterocycles. The highest BCUT2D eigenvalue weighted by molar-refractivity contribution is 5.94. The summed E-state index contributed by atoms with van der Waals surface area (Å²) < 4.78 is 0. The maximum Gasteiger partial charge on any atom is 0.328 e. The largest absolute Gasteiger partial charge is 0.508 e. The average molecular weight is 469 g/mol. The molecule has 9 N–H and O–H groups in total. The van der Waals surface area contributed by atoms with Gasteiger partial charge in [-0.3, -0.25) is 14.4 Å². The van der Waals surface area contributed by atoms with Crippen LogP contribution in [0.4, 0.5) is 0 Å². The number of amides is 3. The van der Waals surface area contributed by atoms with Crippen LogP contribution >= 0.6 is 0 Å². The lowest BCUT2D eigenvalue weighted by molar-refractivity contribution is -0.143. The Morgan fingerprint density at radius 3 is 1.85 bits per heavy atom. The number of nitrogens with two attached hydrogens (primary N) is 1. The zero-order chi connectivity index (χ0) is 25.1. The van der Waals surface area contributed by atoms with Crippen LogP contribution in [0, 0.1) is 5.92 Å². The molecule has 0 aliphatic carbocycles. The number of carboxylic acids is 1. The average Bonchev–Trinajstić information content (AvgIpc) is 2.79. The van der Waals surface area contributed by atoms with Crippen LogP contribution < -0.4 is 21.7 Å². The molecule has 0 aliphatic rings. The van der Waals surface area contributed by atoms with Crippen LogP contribution in [0.3, 0.4) is 0 Å². The summed E-state index contributed by atoms with van der Waals surface area (Å²) in [6.45, 7) is 1.90. The number of aliphatic hydroxyl groups excluding tert-OH is 2. The van der Waals surface area contributed by atoms with E-state index in [1.54, 1.807) is 19.1 Å². The van der Waals surface area contributed by atoms with Crippen LogP contribution in [0.1, 0.15) is 25.8 Å². The van der Waals surface area contributed by atoms with Crippen LogP contribution in [0.5, 0.6) is 5.75 Å². The molecule has 12 heteroatoms. The van der Waals surface area contributed by atoms with Gasteiger partial charge in [0, 0.05) is 6.42 Å². The number of phenols is 1. The molecule has 0 bridgehead atoms. The number of carbonyl (C=O) groups is 4. The highest BCUT2D eigenvalue weighted by Crippen LogP contribution is 2.12. The summed E-state index contributed by atoms with van der Waals surface area (Å²) in [6.07, 6.45) is 0.616. The number of aliphatic hydroxyl groups is 2. The quantitative estimate of drug-likeness (QED) is 0.158. The molecule has 1 aromatic carbocycles. The third kappa shape index (κ3) is 8.67. The second-order valence-corrected chi connectivity index (χ2v) is 7.67. The van der Waals surface area contributed by atoms with Crippen LogP contribution in [-0.4, -0.2) is 81.5 Å². The van der Waals surface area contributed by atoms with E-state index in [0.29, 0.717) is 12.0 Å². The van der Waals surface area contributed by atoms with Gasteiger partial charge in [-0.25, -0.2) is 4.79 Å². The smallest absolute Gasteiger partial charge is 0.328 e. The van der Waals surface area contributed by atoms with E-state index in [1.165, 1.54) is 12.1 Å². The minimum Gasteiger partial charge on any atom is -0.508 e. The summed E-state index contributed by atoms with van der Waals surface area (Å²) in [5.41, 5.74) is 6.53. The van der Waals surface area contributed by atoms with Crippen molar-refractivity contribution in [1.82, 2.24) is 16.0 Å². The minimum absolute atomic E-state index is 0.0106. The summed E-state index contributed by atoms with van der Waals surface area (Å²) in [5, 5.41) is 43.8. The molecular formula is C21H32N4O8. The maximum atomic E-state index is 12.9. The highest BCUT2D eigenvalue weighted by atomic mass is 16.4. The molecule has 0 spiro atoms. The number of carboxylic acid groups (broad SMARTS) is 1. The molecule has 5 unspecified atom stereocenters. The zero-order valence-corrected chi connectivity index (χ0v) is 18.5. The van der Waals surface area contributed by atoms with E-state index in [2.05, 4.69) is 10.6 Å². The molecular weight excluding hydrogens is 436 g/mol. The number of nitrogens with one attached hydrogen (secondary N) is 3. The van der Waals surface area contributed by atoms with Crippen molar-refractivity contribution in [1.29, 1.82) is 0 Å². The van der Waals surface area contributed by atoms with Gasteiger partial charge < -0.3 is 42.1 Å². The van der Waals surface area contributed by atoms with Crippen molar-refractivity contribution in [2.24, 2.45) is 11.7 Å². The predicted octanol–water partition coefficient (Wildman–Crippen LogP) is -2.17.